The summed E-state index contributed by atoms with van der Waals surface area (Å²) in [6.07, 6.45) is 1.39. The highest BCUT2D eigenvalue weighted by atomic mass is 19.1. The summed E-state index contributed by atoms with van der Waals surface area (Å²) in [6.45, 7) is -0.0510. The third-order valence-electron chi connectivity index (χ3n) is 4.17. The minimum atomic E-state index is -0.661. The Balaban J connectivity index is 1.55. The van der Waals surface area contributed by atoms with E-state index in [0.29, 0.717) is 11.3 Å². The SMILES string of the molecule is COc1cc(C=NNC(=O)CNc2ccc(F)cc2)ccc1OC(=O)c1ccc(F)cc1. The van der Waals surface area contributed by atoms with Gasteiger partial charge in [-0.25, -0.2) is 19.0 Å². The average Bonchev–Trinajstić information content (AvgIpc) is 2.80. The Labute approximate surface area is 182 Å². The van der Waals surface area contributed by atoms with Gasteiger partial charge in [0.05, 0.1) is 25.4 Å². The molecule has 1 amide bonds. The van der Waals surface area contributed by atoms with Crippen LogP contribution >= 0.6 is 0 Å². The number of esters is 1. The number of carbonyl (C=O) groups excluding carboxylic acids is 2. The molecule has 32 heavy (non-hydrogen) atoms. The maximum absolute atomic E-state index is 13.0. The maximum Gasteiger partial charge on any atom is 0.343 e. The monoisotopic (exact) mass is 439 g/mol. The summed E-state index contributed by atoms with van der Waals surface area (Å²) >= 11 is 0. The highest BCUT2D eigenvalue weighted by molar-refractivity contribution is 5.91. The van der Waals surface area contributed by atoms with Crippen LogP contribution in [-0.4, -0.2) is 31.7 Å². The van der Waals surface area contributed by atoms with Crippen LogP contribution in [-0.2, 0) is 4.79 Å². The van der Waals surface area contributed by atoms with Gasteiger partial charge in [-0.2, -0.15) is 5.10 Å². The zero-order chi connectivity index (χ0) is 22.9. The summed E-state index contributed by atoms with van der Waals surface area (Å²) in [7, 11) is 1.41. The van der Waals surface area contributed by atoms with Gasteiger partial charge in [0.1, 0.15) is 11.6 Å². The van der Waals surface area contributed by atoms with Gasteiger partial charge in [0.2, 0.25) is 0 Å². The Kier molecular flexibility index (Phi) is 7.47. The summed E-state index contributed by atoms with van der Waals surface area (Å²) in [5.41, 5.74) is 3.73. The molecule has 0 atom stereocenters. The number of anilines is 1. The molecule has 0 aliphatic rings. The molecule has 0 spiro atoms. The van der Waals surface area contributed by atoms with Crippen molar-refractivity contribution < 1.29 is 27.8 Å². The van der Waals surface area contributed by atoms with E-state index in [-0.39, 0.29) is 29.4 Å². The smallest absolute Gasteiger partial charge is 0.343 e. The van der Waals surface area contributed by atoms with Crippen LogP contribution in [0.3, 0.4) is 0 Å². The first-order valence-corrected chi connectivity index (χ1v) is 9.42. The van der Waals surface area contributed by atoms with E-state index >= 15 is 0 Å². The van der Waals surface area contributed by atoms with Gasteiger partial charge in [0.15, 0.2) is 11.5 Å². The molecule has 0 aliphatic heterocycles. The number of hydrogen-bond acceptors (Lipinski definition) is 6. The molecule has 164 valence electrons. The second kappa shape index (κ2) is 10.7. The fourth-order valence-electron chi connectivity index (χ4n) is 2.56. The molecule has 9 heteroatoms. The van der Waals surface area contributed by atoms with Crippen molar-refractivity contribution in [3.05, 3.63) is 89.5 Å². The molecule has 3 aromatic carbocycles. The number of amides is 1. The molecule has 0 fully saturated rings. The Morgan fingerprint density at radius 1 is 0.938 bits per heavy atom. The fourth-order valence-corrected chi connectivity index (χ4v) is 2.56. The number of nitrogens with one attached hydrogen (secondary N) is 2. The average molecular weight is 439 g/mol. The van der Waals surface area contributed by atoms with Crippen molar-refractivity contribution in [1.82, 2.24) is 5.43 Å². The first-order valence-electron chi connectivity index (χ1n) is 9.42. The van der Waals surface area contributed by atoms with Crippen LogP contribution in [0, 0.1) is 11.6 Å². The van der Waals surface area contributed by atoms with Crippen LogP contribution in [0.5, 0.6) is 11.5 Å². The summed E-state index contributed by atoms with van der Waals surface area (Å²) in [5, 5.41) is 6.71. The Hall–Kier alpha value is -4.27. The molecule has 3 rings (SSSR count). The van der Waals surface area contributed by atoms with Gasteiger partial charge in [-0.3, -0.25) is 4.79 Å². The molecule has 0 radical (unpaired) electrons. The van der Waals surface area contributed by atoms with Gasteiger partial charge in [-0.1, -0.05) is 0 Å². The number of rotatable bonds is 8. The summed E-state index contributed by atoms with van der Waals surface area (Å²) in [6, 6.07) is 15.3. The van der Waals surface area contributed by atoms with Gasteiger partial charge in [-0.05, 0) is 72.3 Å². The van der Waals surface area contributed by atoms with Gasteiger partial charge in [-0.15, -0.1) is 0 Å². The first-order chi connectivity index (χ1) is 15.4. The van der Waals surface area contributed by atoms with Gasteiger partial charge >= 0.3 is 5.97 Å². The van der Waals surface area contributed by atoms with E-state index in [4.69, 9.17) is 9.47 Å². The number of nitrogens with zero attached hydrogens (tertiary/aromatic N) is 1. The highest BCUT2D eigenvalue weighted by Gasteiger charge is 2.13. The summed E-state index contributed by atoms with van der Waals surface area (Å²) < 4.78 is 36.4. The third-order valence-corrected chi connectivity index (χ3v) is 4.17. The van der Waals surface area contributed by atoms with Gasteiger partial charge in [0, 0.05) is 5.69 Å². The molecule has 0 bridgehead atoms. The van der Waals surface area contributed by atoms with Crippen molar-refractivity contribution in [2.45, 2.75) is 0 Å². The molecule has 0 aromatic heterocycles. The molecule has 2 N–H and O–H groups in total. The number of ether oxygens (including phenoxy) is 2. The lowest BCUT2D eigenvalue weighted by atomic mass is 10.2. The second-order valence-electron chi connectivity index (χ2n) is 6.46. The molecule has 0 saturated carbocycles. The molecule has 0 aliphatic carbocycles. The largest absolute Gasteiger partial charge is 0.493 e. The van der Waals surface area contributed by atoms with E-state index in [0.717, 1.165) is 12.1 Å². The lowest BCUT2D eigenvalue weighted by Gasteiger charge is -2.10. The zero-order valence-corrected chi connectivity index (χ0v) is 17.0. The van der Waals surface area contributed by atoms with E-state index in [1.54, 1.807) is 12.1 Å². The van der Waals surface area contributed by atoms with Crippen molar-refractivity contribution >= 4 is 23.8 Å². The molecular formula is C23H19F2N3O4. The van der Waals surface area contributed by atoms with E-state index in [1.165, 1.54) is 55.8 Å². The summed E-state index contributed by atoms with van der Waals surface area (Å²) in [5.74, 6) is -1.44. The highest BCUT2D eigenvalue weighted by Crippen LogP contribution is 2.28. The predicted octanol–water partition coefficient (Wildman–Crippen LogP) is 3.75. The van der Waals surface area contributed by atoms with Crippen molar-refractivity contribution in [3.63, 3.8) is 0 Å². The molecule has 0 saturated heterocycles. The topological polar surface area (TPSA) is 89.0 Å². The Morgan fingerprint density at radius 3 is 2.25 bits per heavy atom. The fraction of sp³-hybridized carbons (Fsp3) is 0.0870. The van der Waals surface area contributed by atoms with Crippen LogP contribution in [0.15, 0.2) is 71.8 Å². The van der Waals surface area contributed by atoms with Crippen molar-refractivity contribution in [3.8, 4) is 11.5 Å². The minimum Gasteiger partial charge on any atom is -0.493 e. The maximum atomic E-state index is 13.0. The Morgan fingerprint density at radius 2 is 1.59 bits per heavy atom. The van der Waals surface area contributed by atoms with E-state index in [2.05, 4.69) is 15.8 Å². The predicted molar refractivity (Wildman–Crippen MR) is 115 cm³/mol. The van der Waals surface area contributed by atoms with Crippen LogP contribution < -0.4 is 20.2 Å². The van der Waals surface area contributed by atoms with Crippen LogP contribution in [0.2, 0.25) is 0 Å². The van der Waals surface area contributed by atoms with Gasteiger partial charge in [0.25, 0.3) is 5.91 Å². The van der Waals surface area contributed by atoms with E-state index < -0.39 is 17.7 Å². The van der Waals surface area contributed by atoms with Crippen LogP contribution in [0.25, 0.3) is 0 Å². The molecule has 7 nitrogen and oxygen atoms in total. The number of hydrogen-bond donors (Lipinski definition) is 2. The van der Waals surface area contributed by atoms with E-state index in [9.17, 15) is 18.4 Å². The van der Waals surface area contributed by atoms with Crippen molar-refractivity contribution in [2.75, 3.05) is 19.0 Å². The first kappa shape index (κ1) is 22.4. The standard InChI is InChI=1S/C23H19F2N3O4/c1-31-21-12-15(2-11-20(21)32-23(30)16-3-5-17(24)6-4-16)13-27-28-22(29)14-26-19-9-7-18(25)8-10-19/h2-13,26H,14H2,1H3,(H,28,29). The molecule has 0 unspecified atom stereocenters. The third kappa shape index (κ3) is 6.36. The summed E-state index contributed by atoms with van der Waals surface area (Å²) in [4.78, 5) is 24.1. The number of methoxy groups -OCH3 is 1. The number of hydrazone groups is 1. The minimum absolute atomic E-state index is 0.0510. The van der Waals surface area contributed by atoms with Gasteiger partial charge < -0.3 is 14.8 Å². The zero-order valence-electron chi connectivity index (χ0n) is 17.0. The number of benzene rings is 3. The number of carbonyl (C=O) groups is 2. The van der Waals surface area contributed by atoms with Crippen molar-refractivity contribution in [2.24, 2.45) is 5.10 Å². The van der Waals surface area contributed by atoms with Crippen LogP contribution in [0.4, 0.5) is 14.5 Å². The molecular weight excluding hydrogens is 420 g/mol. The number of halogens is 2. The quantitative estimate of drug-likeness (QED) is 0.242. The lowest BCUT2D eigenvalue weighted by molar-refractivity contribution is -0.119. The lowest BCUT2D eigenvalue weighted by Crippen LogP contribution is -2.25. The normalized spacial score (nSPS) is 10.6. The second-order valence-corrected chi connectivity index (χ2v) is 6.46. The van der Waals surface area contributed by atoms with Crippen LogP contribution in [0.1, 0.15) is 15.9 Å². The molecule has 3 aromatic rings. The van der Waals surface area contributed by atoms with Crippen molar-refractivity contribution in [1.29, 1.82) is 0 Å². The Bertz CT molecular complexity index is 1120. The van der Waals surface area contributed by atoms with E-state index in [1.807, 2.05) is 0 Å². The molecule has 0 heterocycles.